The molecule has 0 aliphatic heterocycles. The molecule has 3 nitrogen and oxygen atoms in total. The second kappa shape index (κ2) is 7.32. The third-order valence-electron chi connectivity index (χ3n) is 3.85. The van der Waals surface area contributed by atoms with Gasteiger partial charge in [-0.3, -0.25) is 10.1 Å². The maximum atomic E-state index is 12.0. The number of aryl methyl sites for hydroxylation is 1. The van der Waals surface area contributed by atoms with Gasteiger partial charge in [0.1, 0.15) is 5.54 Å². The maximum Gasteiger partial charge on any atom is 0.325 e. The van der Waals surface area contributed by atoms with Gasteiger partial charge >= 0.3 is 5.97 Å². The molecular formula is C17H25NO2S. The number of hydrogen-bond acceptors (Lipinski definition) is 4. The molecular weight excluding hydrogens is 282 g/mol. The van der Waals surface area contributed by atoms with Crippen LogP contribution in [0.25, 0.3) is 0 Å². The van der Waals surface area contributed by atoms with Crippen LogP contribution in [-0.2, 0) is 9.53 Å². The van der Waals surface area contributed by atoms with E-state index in [0.717, 1.165) is 18.6 Å². The van der Waals surface area contributed by atoms with Crippen LogP contribution in [0.3, 0.4) is 0 Å². The molecule has 1 aliphatic carbocycles. The second-order valence-corrected chi connectivity index (χ2v) is 7.18. The summed E-state index contributed by atoms with van der Waals surface area (Å²) in [7, 11) is 1.47. The number of esters is 1. The van der Waals surface area contributed by atoms with E-state index in [9.17, 15) is 4.79 Å². The Hall–Kier alpha value is -1.00. The number of nitrogens with one attached hydrogen (secondary N) is 1. The summed E-state index contributed by atoms with van der Waals surface area (Å²) in [4.78, 5) is 13.3. The number of rotatable bonds is 8. The van der Waals surface area contributed by atoms with Crippen molar-refractivity contribution in [3.05, 3.63) is 29.8 Å². The highest BCUT2D eigenvalue weighted by molar-refractivity contribution is 7.99. The van der Waals surface area contributed by atoms with E-state index < -0.39 is 5.54 Å². The summed E-state index contributed by atoms with van der Waals surface area (Å²) in [5.41, 5.74) is 0.746. The topological polar surface area (TPSA) is 38.3 Å². The van der Waals surface area contributed by atoms with Crippen LogP contribution in [0.4, 0.5) is 0 Å². The first-order valence-electron chi connectivity index (χ1n) is 7.59. The van der Waals surface area contributed by atoms with Crippen molar-refractivity contribution in [2.24, 2.45) is 0 Å². The third-order valence-corrected chi connectivity index (χ3v) is 4.95. The predicted octanol–water partition coefficient (Wildman–Crippen LogP) is 3.55. The van der Waals surface area contributed by atoms with E-state index in [1.54, 1.807) is 0 Å². The van der Waals surface area contributed by atoms with Gasteiger partial charge in [0.15, 0.2) is 0 Å². The Bertz CT molecular complexity index is 470. The lowest BCUT2D eigenvalue weighted by Crippen LogP contribution is -2.51. The molecule has 0 saturated heterocycles. The SMILES string of the molecule is COC(=O)C(C)(CCCSc1ccc(C)cc1)NC1CC1. The summed E-state index contributed by atoms with van der Waals surface area (Å²) in [5, 5.41) is 3.44. The van der Waals surface area contributed by atoms with Crippen molar-refractivity contribution in [2.75, 3.05) is 12.9 Å². The van der Waals surface area contributed by atoms with E-state index in [4.69, 9.17) is 4.74 Å². The minimum absolute atomic E-state index is 0.144. The van der Waals surface area contributed by atoms with Crippen molar-refractivity contribution in [1.29, 1.82) is 0 Å². The molecule has 1 saturated carbocycles. The number of benzene rings is 1. The Balaban J connectivity index is 1.78. The molecule has 21 heavy (non-hydrogen) atoms. The molecule has 0 radical (unpaired) electrons. The van der Waals surface area contributed by atoms with Gasteiger partial charge in [-0.2, -0.15) is 0 Å². The average Bonchev–Trinajstić information content (AvgIpc) is 3.28. The zero-order chi connectivity index (χ0) is 15.3. The Morgan fingerprint density at radius 3 is 2.62 bits per heavy atom. The largest absolute Gasteiger partial charge is 0.468 e. The molecule has 0 bridgehead atoms. The summed E-state index contributed by atoms with van der Waals surface area (Å²) >= 11 is 1.84. The van der Waals surface area contributed by atoms with Gasteiger partial charge in [0, 0.05) is 10.9 Å². The quantitative estimate of drug-likeness (QED) is 0.453. The highest BCUT2D eigenvalue weighted by atomic mass is 32.2. The van der Waals surface area contributed by atoms with Crippen molar-refractivity contribution in [3.63, 3.8) is 0 Å². The van der Waals surface area contributed by atoms with Crippen LogP contribution in [0.1, 0.15) is 38.2 Å². The van der Waals surface area contributed by atoms with Crippen molar-refractivity contribution < 1.29 is 9.53 Å². The predicted molar refractivity (Wildman–Crippen MR) is 87.7 cm³/mol. The van der Waals surface area contributed by atoms with Crippen molar-refractivity contribution in [1.82, 2.24) is 5.32 Å². The summed E-state index contributed by atoms with van der Waals surface area (Å²) in [6.07, 6.45) is 4.15. The van der Waals surface area contributed by atoms with E-state index in [1.165, 1.54) is 30.4 Å². The lowest BCUT2D eigenvalue weighted by Gasteiger charge is -2.28. The van der Waals surface area contributed by atoms with E-state index in [2.05, 4.69) is 36.5 Å². The molecule has 1 aliphatic rings. The van der Waals surface area contributed by atoms with Crippen LogP contribution in [0.15, 0.2) is 29.2 Å². The lowest BCUT2D eigenvalue weighted by atomic mass is 9.96. The maximum absolute atomic E-state index is 12.0. The monoisotopic (exact) mass is 307 g/mol. The summed E-state index contributed by atoms with van der Waals surface area (Å²) < 4.78 is 4.96. The van der Waals surface area contributed by atoms with Crippen molar-refractivity contribution in [3.8, 4) is 0 Å². The van der Waals surface area contributed by atoms with Crippen LogP contribution >= 0.6 is 11.8 Å². The Kier molecular flexibility index (Phi) is 5.71. The molecule has 1 aromatic rings. The molecule has 1 fully saturated rings. The molecule has 1 unspecified atom stereocenters. The van der Waals surface area contributed by atoms with E-state index in [-0.39, 0.29) is 5.97 Å². The molecule has 4 heteroatoms. The summed E-state index contributed by atoms with van der Waals surface area (Å²) in [5.74, 6) is 0.872. The van der Waals surface area contributed by atoms with Gasteiger partial charge in [-0.05, 0) is 57.4 Å². The standard InChI is InChI=1S/C17H25NO2S/c1-13-5-9-15(10-6-13)21-12-4-11-17(2,16(19)20-3)18-14-7-8-14/h5-6,9-10,14,18H,4,7-8,11-12H2,1-3H3. The first kappa shape index (κ1) is 16.4. The lowest BCUT2D eigenvalue weighted by molar-refractivity contribution is -0.148. The average molecular weight is 307 g/mol. The van der Waals surface area contributed by atoms with Crippen LogP contribution < -0.4 is 5.32 Å². The van der Waals surface area contributed by atoms with Gasteiger partial charge in [0.2, 0.25) is 0 Å². The summed E-state index contributed by atoms with van der Waals surface area (Å²) in [6, 6.07) is 9.08. The molecule has 116 valence electrons. The Morgan fingerprint density at radius 1 is 1.38 bits per heavy atom. The second-order valence-electron chi connectivity index (χ2n) is 6.01. The van der Waals surface area contributed by atoms with Crippen LogP contribution in [0.2, 0.25) is 0 Å². The van der Waals surface area contributed by atoms with E-state index >= 15 is 0 Å². The van der Waals surface area contributed by atoms with Gasteiger partial charge in [-0.25, -0.2) is 0 Å². The molecule has 0 amide bonds. The van der Waals surface area contributed by atoms with Crippen molar-refractivity contribution in [2.45, 2.75) is 56.0 Å². The fourth-order valence-electron chi connectivity index (χ4n) is 2.39. The van der Waals surface area contributed by atoms with E-state index in [1.807, 2.05) is 18.7 Å². The van der Waals surface area contributed by atoms with Gasteiger partial charge in [0.05, 0.1) is 7.11 Å². The first-order chi connectivity index (χ1) is 10.0. The van der Waals surface area contributed by atoms with Gasteiger partial charge in [-0.1, -0.05) is 17.7 Å². The number of carbonyl (C=O) groups is 1. The van der Waals surface area contributed by atoms with Crippen molar-refractivity contribution >= 4 is 17.7 Å². The van der Waals surface area contributed by atoms with Gasteiger partial charge in [0.25, 0.3) is 0 Å². The third kappa shape index (κ3) is 5.04. The first-order valence-corrected chi connectivity index (χ1v) is 8.57. The number of methoxy groups -OCH3 is 1. The van der Waals surface area contributed by atoms with E-state index in [0.29, 0.717) is 6.04 Å². The van der Waals surface area contributed by atoms with Crippen LogP contribution in [-0.4, -0.2) is 30.4 Å². The molecule has 0 aromatic heterocycles. The normalized spacial score (nSPS) is 17.3. The zero-order valence-electron chi connectivity index (χ0n) is 13.1. The molecule has 1 aromatic carbocycles. The smallest absolute Gasteiger partial charge is 0.325 e. The number of thioether (sulfide) groups is 1. The van der Waals surface area contributed by atoms with Gasteiger partial charge < -0.3 is 4.74 Å². The highest BCUT2D eigenvalue weighted by Gasteiger charge is 2.38. The summed E-state index contributed by atoms with van der Waals surface area (Å²) in [6.45, 7) is 4.06. The Morgan fingerprint density at radius 2 is 2.05 bits per heavy atom. The molecule has 1 atom stereocenters. The fourth-order valence-corrected chi connectivity index (χ4v) is 3.24. The minimum atomic E-state index is -0.538. The zero-order valence-corrected chi connectivity index (χ0v) is 14.0. The fraction of sp³-hybridized carbons (Fsp3) is 0.588. The highest BCUT2D eigenvalue weighted by Crippen LogP contribution is 2.27. The van der Waals surface area contributed by atoms with Gasteiger partial charge in [-0.15, -0.1) is 11.8 Å². The molecule has 0 heterocycles. The van der Waals surface area contributed by atoms with Crippen LogP contribution in [0.5, 0.6) is 0 Å². The molecule has 2 rings (SSSR count). The van der Waals surface area contributed by atoms with Crippen LogP contribution in [0, 0.1) is 6.92 Å². The molecule has 0 spiro atoms. The molecule has 1 N–H and O–H groups in total. The minimum Gasteiger partial charge on any atom is -0.468 e. The number of ether oxygens (including phenoxy) is 1. The number of hydrogen-bond donors (Lipinski definition) is 1. The Labute approximate surface area is 131 Å². The number of carbonyl (C=O) groups excluding carboxylic acids is 1.